The van der Waals surface area contributed by atoms with E-state index in [0.717, 1.165) is 29.8 Å². The van der Waals surface area contributed by atoms with Gasteiger partial charge < -0.3 is 10.2 Å². The lowest BCUT2D eigenvalue weighted by molar-refractivity contribution is 0.401. The summed E-state index contributed by atoms with van der Waals surface area (Å²) >= 11 is 1.22. The van der Waals surface area contributed by atoms with Crippen molar-refractivity contribution in [1.82, 2.24) is 9.88 Å². The Labute approximate surface area is 172 Å². The maximum atomic E-state index is 14.5. The molecule has 0 saturated carbocycles. The second kappa shape index (κ2) is 8.98. The summed E-state index contributed by atoms with van der Waals surface area (Å²) in [6, 6.07) is 9.77. The van der Waals surface area contributed by atoms with E-state index in [9.17, 15) is 17.2 Å². The zero-order valence-corrected chi connectivity index (χ0v) is 17.7. The highest BCUT2D eigenvalue weighted by Crippen LogP contribution is 2.27. The van der Waals surface area contributed by atoms with Crippen LogP contribution in [0, 0.1) is 11.6 Å². The number of thiazole rings is 1. The Morgan fingerprint density at radius 1 is 1.10 bits per heavy atom. The van der Waals surface area contributed by atoms with Crippen molar-refractivity contribution in [1.29, 1.82) is 0 Å². The third-order valence-corrected chi connectivity index (χ3v) is 6.54. The van der Waals surface area contributed by atoms with E-state index in [-0.39, 0.29) is 11.4 Å². The minimum atomic E-state index is -4.19. The van der Waals surface area contributed by atoms with E-state index in [1.54, 1.807) is 0 Å². The van der Waals surface area contributed by atoms with Crippen LogP contribution >= 0.6 is 11.3 Å². The number of anilines is 1. The van der Waals surface area contributed by atoms with E-state index >= 15 is 0 Å². The Hall–Kier alpha value is -2.36. The fourth-order valence-corrected chi connectivity index (χ4v) is 5.02. The van der Waals surface area contributed by atoms with Crippen molar-refractivity contribution in [2.75, 3.05) is 19.4 Å². The highest BCUT2D eigenvalue weighted by atomic mass is 32.2. The second-order valence-corrected chi connectivity index (χ2v) is 9.51. The Morgan fingerprint density at radius 2 is 1.76 bits per heavy atom. The van der Waals surface area contributed by atoms with Crippen molar-refractivity contribution in [2.45, 2.75) is 23.7 Å². The number of rotatable bonds is 8. The van der Waals surface area contributed by atoms with Gasteiger partial charge in [0, 0.05) is 24.2 Å². The van der Waals surface area contributed by atoms with Crippen molar-refractivity contribution in [3.63, 3.8) is 0 Å². The number of hydrogen-bond donors (Lipinski definition) is 1. The molecule has 0 unspecified atom stereocenters. The number of benzene rings is 2. The van der Waals surface area contributed by atoms with Gasteiger partial charge in [0.25, 0.3) is 0 Å². The fourth-order valence-electron chi connectivity index (χ4n) is 2.96. The quantitative estimate of drug-likeness (QED) is 0.576. The van der Waals surface area contributed by atoms with Crippen LogP contribution in [0.25, 0.3) is 0 Å². The number of aromatic nitrogens is 1. The molecule has 0 spiro atoms. The summed E-state index contributed by atoms with van der Waals surface area (Å²) < 4.78 is 53.9. The van der Waals surface area contributed by atoms with Gasteiger partial charge in [0.15, 0.2) is 9.84 Å². The minimum Gasteiger partial charge on any atom is -0.381 e. The summed E-state index contributed by atoms with van der Waals surface area (Å²) in [5, 5.41) is 4.51. The Kier molecular flexibility index (Phi) is 6.61. The number of halogens is 2. The molecule has 0 atom stereocenters. The van der Waals surface area contributed by atoms with E-state index in [1.807, 2.05) is 43.3 Å². The summed E-state index contributed by atoms with van der Waals surface area (Å²) in [4.78, 5) is 4.98. The van der Waals surface area contributed by atoms with Gasteiger partial charge in [-0.15, -0.1) is 11.3 Å². The molecule has 5 nitrogen and oxygen atoms in total. The van der Waals surface area contributed by atoms with E-state index < -0.39 is 32.1 Å². The number of sulfone groups is 1. The number of hydrogen-bond acceptors (Lipinski definition) is 6. The first kappa shape index (κ1) is 21.4. The van der Waals surface area contributed by atoms with Crippen LogP contribution in [-0.4, -0.2) is 32.4 Å². The summed E-state index contributed by atoms with van der Waals surface area (Å²) in [5.41, 5.74) is 3.98. The molecule has 29 heavy (non-hydrogen) atoms. The van der Waals surface area contributed by atoms with Crippen LogP contribution < -0.4 is 5.32 Å². The van der Waals surface area contributed by atoms with Crippen LogP contribution in [0.3, 0.4) is 0 Å². The maximum absolute atomic E-state index is 14.5. The van der Waals surface area contributed by atoms with E-state index in [0.29, 0.717) is 6.54 Å². The van der Waals surface area contributed by atoms with Crippen molar-refractivity contribution in [3.8, 4) is 0 Å². The highest BCUT2D eigenvalue weighted by Gasteiger charge is 2.26. The summed E-state index contributed by atoms with van der Waals surface area (Å²) in [7, 11) is -0.272. The van der Waals surface area contributed by atoms with E-state index in [4.69, 9.17) is 0 Å². The van der Waals surface area contributed by atoms with Crippen molar-refractivity contribution in [3.05, 3.63) is 75.7 Å². The lowest BCUT2D eigenvalue weighted by atomic mass is 10.1. The second-order valence-electron chi connectivity index (χ2n) is 6.87. The number of nitrogens with zero attached hydrogens (tertiary/aromatic N) is 2. The maximum Gasteiger partial charge on any atom is 0.189 e. The fraction of sp³-hybridized carbons (Fsp3) is 0.250. The smallest absolute Gasteiger partial charge is 0.189 e. The van der Waals surface area contributed by atoms with Gasteiger partial charge in [-0.25, -0.2) is 22.2 Å². The highest BCUT2D eigenvalue weighted by molar-refractivity contribution is 7.90. The van der Waals surface area contributed by atoms with Gasteiger partial charge in [-0.2, -0.15) is 0 Å². The van der Waals surface area contributed by atoms with Gasteiger partial charge in [0.05, 0.1) is 17.0 Å². The number of nitrogens with one attached hydrogen (secondary N) is 1. The molecular weight excluding hydrogens is 416 g/mol. The van der Waals surface area contributed by atoms with Gasteiger partial charge in [-0.05, 0) is 37.4 Å². The SMILES string of the molecule is CN(C)Cc1ccccc1CNc1cc(F)c(S(=O)(=O)Cc2cscn2)c(F)c1. The largest absolute Gasteiger partial charge is 0.381 e. The predicted octanol–water partition coefficient (Wildman–Crippen LogP) is 4.07. The molecule has 154 valence electrons. The Morgan fingerprint density at radius 3 is 2.34 bits per heavy atom. The molecule has 0 saturated heterocycles. The van der Waals surface area contributed by atoms with Crippen molar-refractivity contribution >= 4 is 26.9 Å². The molecule has 0 amide bonds. The molecule has 0 fully saturated rings. The predicted molar refractivity (Wildman–Crippen MR) is 111 cm³/mol. The van der Waals surface area contributed by atoms with Gasteiger partial charge >= 0.3 is 0 Å². The molecule has 0 aliphatic carbocycles. The molecule has 0 radical (unpaired) electrons. The monoisotopic (exact) mass is 437 g/mol. The Bertz CT molecular complexity index is 1060. The zero-order valence-electron chi connectivity index (χ0n) is 16.0. The molecule has 0 aliphatic heterocycles. The third kappa shape index (κ3) is 5.37. The molecule has 3 aromatic rings. The molecule has 0 bridgehead atoms. The van der Waals surface area contributed by atoms with Crippen LogP contribution in [0.15, 0.2) is 52.2 Å². The molecule has 2 aromatic carbocycles. The van der Waals surface area contributed by atoms with E-state index in [2.05, 4.69) is 10.3 Å². The van der Waals surface area contributed by atoms with E-state index in [1.165, 1.54) is 22.2 Å². The Balaban J connectivity index is 1.80. The van der Waals surface area contributed by atoms with Crippen LogP contribution in [0.1, 0.15) is 16.8 Å². The van der Waals surface area contributed by atoms with Gasteiger partial charge in [-0.3, -0.25) is 0 Å². The lowest BCUT2D eigenvalue weighted by Crippen LogP contribution is -2.14. The van der Waals surface area contributed by atoms with Crippen LogP contribution in [-0.2, 0) is 28.7 Å². The van der Waals surface area contributed by atoms with Crippen LogP contribution in [0.2, 0.25) is 0 Å². The molecule has 1 aromatic heterocycles. The zero-order chi connectivity index (χ0) is 21.0. The summed E-state index contributed by atoms with van der Waals surface area (Å²) in [6.07, 6.45) is 0. The average molecular weight is 438 g/mol. The first-order chi connectivity index (χ1) is 13.8. The van der Waals surface area contributed by atoms with Gasteiger partial charge in [0.2, 0.25) is 0 Å². The van der Waals surface area contributed by atoms with Gasteiger partial charge in [0.1, 0.15) is 16.5 Å². The first-order valence-electron chi connectivity index (χ1n) is 8.80. The van der Waals surface area contributed by atoms with Crippen LogP contribution in [0.4, 0.5) is 14.5 Å². The summed E-state index contributed by atoms with van der Waals surface area (Å²) in [5.74, 6) is -2.79. The molecule has 9 heteroatoms. The third-order valence-electron chi connectivity index (χ3n) is 4.22. The topological polar surface area (TPSA) is 62.3 Å². The van der Waals surface area contributed by atoms with Crippen molar-refractivity contribution < 1.29 is 17.2 Å². The standard InChI is InChI=1S/C20H21F2N3O2S2/c1-25(2)10-15-6-4-3-5-14(15)9-23-16-7-18(21)20(19(22)8-16)29(26,27)12-17-11-28-13-24-17/h3-8,11,13,23H,9-10,12H2,1-2H3. The first-order valence-corrected chi connectivity index (χ1v) is 11.4. The molecule has 0 aliphatic rings. The normalized spacial score (nSPS) is 11.8. The molecule has 1 N–H and O–H groups in total. The molecular formula is C20H21F2N3O2S2. The lowest BCUT2D eigenvalue weighted by Gasteiger charge is -2.15. The molecule has 3 rings (SSSR count). The summed E-state index contributed by atoms with van der Waals surface area (Å²) in [6.45, 7) is 1.09. The van der Waals surface area contributed by atoms with Crippen LogP contribution in [0.5, 0.6) is 0 Å². The average Bonchev–Trinajstić information content (AvgIpc) is 3.12. The molecule has 1 heterocycles. The van der Waals surface area contributed by atoms with Gasteiger partial charge in [-0.1, -0.05) is 24.3 Å². The van der Waals surface area contributed by atoms with Crippen molar-refractivity contribution in [2.24, 2.45) is 0 Å². The minimum absolute atomic E-state index is 0.173.